The number of Topliss-reactive ketones (excluding diaryl/α,β-unsaturated/α-hetero) is 1. The number of ketones is 1. The molecule has 3 heterocycles. The van der Waals surface area contributed by atoms with Crippen molar-refractivity contribution in [2.75, 3.05) is 0 Å². The maximum absolute atomic E-state index is 13.2. The van der Waals surface area contributed by atoms with E-state index in [1.165, 1.54) is 23.4 Å². The topological polar surface area (TPSA) is 126 Å². The first-order valence-corrected chi connectivity index (χ1v) is 14.8. The van der Waals surface area contributed by atoms with Gasteiger partial charge in [0.15, 0.2) is 16.9 Å². The molecule has 0 saturated carbocycles. The molecule has 210 valence electrons. The lowest BCUT2D eigenvalue weighted by Crippen LogP contribution is -2.29. The Morgan fingerprint density at radius 2 is 1.81 bits per heavy atom. The van der Waals surface area contributed by atoms with Crippen LogP contribution in [-0.2, 0) is 32.2 Å². The minimum absolute atomic E-state index is 0.137. The highest BCUT2D eigenvalue weighted by Crippen LogP contribution is 2.39. The number of pyridine rings is 1. The lowest BCUT2D eigenvalue weighted by atomic mass is 9.87. The zero-order chi connectivity index (χ0) is 29.4. The van der Waals surface area contributed by atoms with Crippen LogP contribution >= 0.6 is 23.4 Å². The number of aromatic amines is 1. The first-order valence-electron chi connectivity index (χ1n) is 13.5. The molecule has 0 bridgehead atoms. The minimum Gasteiger partial charge on any atom is -0.313 e. The summed E-state index contributed by atoms with van der Waals surface area (Å²) in [5, 5.41) is 11.5. The van der Waals surface area contributed by atoms with Gasteiger partial charge < -0.3 is 4.57 Å². The Bertz CT molecular complexity index is 2010. The van der Waals surface area contributed by atoms with Crippen molar-refractivity contribution in [3.8, 4) is 17.2 Å². The van der Waals surface area contributed by atoms with Gasteiger partial charge in [-0.1, -0.05) is 65.8 Å². The van der Waals surface area contributed by atoms with E-state index < -0.39 is 11.2 Å². The normalized spacial score (nSPS) is 12.7. The number of nitrogens with one attached hydrogen (secondary N) is 1. The summed E-state index contributed by atoms with van der Waals surface area (Å²) in [6.45, 7) is -0.142. The zero-order valence-corrected chi connectivity index (χ0v) is 24.3. The Hall–Kier alpha value is -4.46. The van der Waals surface area contributed by atoms with Crippen molar-refractivity contribution in [3.05, 3.63) is 109 Å². The molecule has 0 fully saturated rings. The average molecular weight is 597 g/mol. The lowest BCUT2D eigenvalue weighted by molar-refractivity contribution is 0.0972. The molecule has 5 aromatic rings. The second-order valence-electron chi connectivity index (χ2n) is 10.1. The van der Waals surface area contributed by atoms with Gasteiger partial charge in [0.05, 0.1) is 17.9 Å². The maximum atomic E-state index is 13.2. The predicted molar refractivity (Wildman–Crippen MR) is 162 cm³/mol. The van der Waals surface area contributed by atoms with Gasteiger partial charge in [-0.25, -0.2) is 14.8 Å². The quantitative estimate of drug-likeness (QED) is 0.205. The zero-order valence-electron chi connectivity index (χ0n) is 22.7. The number of thioether (sulfide) groups is 1. The van der Waals surface area contributed by atoms with E-state index in [4.69, 9.17) is 16.6 Å². The van der Waals surface area contributed by atoms with Gasteiger partial charge in [-0.05, 0) is 48.9 Å². The number of benzene rings is 2. The second-order valence-corrected chi connectivity index (χ2v) is 11.5. The van der Waals surface area contributed by atoms with E-state index in [1.807, 2.05) is 30.3 Å². The molecular formula is C31H25ClN6O3S. The summed E-state index contributed by atoms with van der Waals surface area (Å²) < 4.78 is 2.81. The van der Waals surface area contributed by atoms with Crippen molar-refractivity contribution in [2.24, 2.45) is 7.05 Å². The van der Waals surface area contributed by atoms with Gasteiger partial charge in [-0.2, -0.15) is 5.26 Å². The summed E-state index contributed by atoms with van der Waals surface area (Å²) in [5.74, 6) is 0.428. The summed E-state index contributed by atoms with van der Waals surface area (Å²) in [6.07, 6.45) is 3.70. The highest BCUT2D eigenvalue weighted by Gasteiger charge is 2.25. The SMILES string of the molecule is Cn1c(=O)[nH]c(=O)c2c1nc(CSc1nc3c(c(-c4ccc(Cl)cc4)c1C#N)CCCC3)n2CC(=O)c1ccccc1. The lowest BCUT2D eigenvalue weighted by Gasteiger charge is -2.22. The number of imidazole rings is 1. The fraction of sp³-hybridized carbons (Fsp3) is 0.226. The van der Waals surface area contributed by atoms with Crippen LogP contribution in [0.2, 0.25) is 5.02 Å². The molecule has 1 N–H and O–H groups in total. The number of H-pyrrole nitrogens is 1. The summed E-state index contributed by atoms with van der Waals surface area (Å²) in [5.41, 5.74) is 3.90. The number of aryl methyl sites for hydroxylation is 2. The number of hydrogen-bond acceptors (Lipinski definition) is 7. The molecule has 42 heavy (non-hydrogen) atoms. The van der Waals surface area contributed by atoms with Gasteiger partial charge in [0.25, 0.3) is 5.56 Å². The molecule has 1 aliphatic carbocycles. The first-order chi connectivity index (χ1) is 20.4. The Labute approximate surface area is 249 Å². The third-order valence-electron chi connectivity index (χ3n) is 7.51. The fourth-order valence-electron chi connectivity index (χ4n) is 5.41. The highest BCUT2D eigenvalue weighted by molar-refractivity contribution is 7.98. The van der Waals surface area contributed by atoms with Crippen molar-refractivity contribution in [1.82, 2.24) is 24.1 Å². The molecule has 9 nitrogen and oxygen atoms in total. The van der Waals surface area contributed by atoms with Gasteiger partial charge in [0, 0.05) is 28.9 Å². The molecule has 0 radical (unpaired) electrons. The summed E-state index contributed by atoms with van der Waals surface area (Å²) in [6, 6.07) is 18.6. The molecule has 1 aliphatic rings. The molecule has 11 heteroatoms. The van der Waals surface area contributed by atoms with Crippen LogP contribution in [0.25, 0.3) is 22.3 Å². The number of aromatic nitrogens is 5. The van der Waals surface area contributed by atoms with E-state index in [9.17, 15) is 19.6 Å². The van der Waals surface area contributed by atoms with Gasteiger partial charge in [0.2, 0.25) is 0 Å². The van der Waals surface area contributed by atoms with Crippen LogP contribution in [0.4, 0.5) is 0 Å². The van der Waals surface area contributed by atoms with E-state index in [0.717, 1.165) is 48.1 Å². The van der Waals surface area contributed by atoms with Crippen LogP contribution < -0.4 is 11.2 Å². The number of hydrogen-bond donors (Lipinski definition) is 1. The molecule has 0 atom stereocenters. The number of halogens is 1. The number of rotatable bonds is 7. The number of carbonyl (C=O) groups excluding carboxylic acids is 1. The van der Waals surface area contributed by atoms with Crippen LogP contribution in [-0.4, -0.2) is 29.9 Å². The Morgan fingerprint density at radius 3 is 2.55 bits per heavy atom. The van der Waals surface area contributed by atoms with Crippen LogP contribution in [0.1, 0.15) is 45.8 Å². The highest BCUT2D eigenvalue weighted by atomic mass is 35.5. The predicted octanol–water partition coefficient (Wildman–Crippen LogP) is 5.06. The number of carbonyl (C=O) groups is 1. The van der Waals surface area contributed by atoms with Crippen molar-refractivity contribution in [1.29, 1.82) is 5.26 Å². The molecule has 0 spiro atoms. The van der Waals surface area contributed by atoms with Gasteiger partial charge >= 0.3 is 5.69 Å². The largest absolute Gasteiger partial charge is 0.329 e. The number of fused-ring (bicyclic) bond motifs is 2. The monoisotopic (exact) mass is 596 g/mol. The van der Waals surface area contributed by atoms with Crippen molar-refractivity contribution in [2.45, 2.75) is 43.0 Å². The van der Waals surface area contributed by atoms with Gasteiger partial charge in [0.1, 0.15) is 16.9 Å². The molecule has 0 aliphatic heterocycles. The molecule has 0 saturated heterocycles. The second kappa shape index (κ2) is 11.4. The molecular weight excluding hydrogens is 572 g/mol. The van der Waals surface area contributed by atoms with Crippen LogP contribution in [0.5, 0.6) is 0 Å². The van der Waals surface area contributed by atoms with Crippen LogP contribution in [0.15, 0.2) is 69.2 Å². The van der Waals surface area contributed by atoms with Gasteiger partial charge in [-0.3, -0.25) is 19.1 Å². The smallest absolute Gasteiger partial charge is 0.313 e. The Morgan fingerprint density at radius 1 is 1.07 bits per heavy atom. The molecule has 3 aromatic heterocycles. The summed E-state index contributed by atoms with van der Waals surface area (Å²) in [4.78, 5) is 50.4. The first kappa shape index (κ1) is 27.7. The molecule has 2 aromatic carbocycles. The van der Waals surface area contributed by atoms with E-state index in [2.05, 4.69) is 16.0 Å². The van der Waals surface area contributed by atoms with Crippen LogP contribution in [0, 0.1) is 11.3 Å². The summed E-state index contributed by atoms with van der Waals surface area (Å²) >= 11 is 7.48. The Kier molecular flexibility index (Phi) is 7.54. The molecule has 0 amide bonds. The third kappa shape index (κ3) is 5.06. The fourth-order valence-corrected chi connectivity index (χ4v) is 6.49. The van der Waals surface area contributed by atoms with Crippen molar-refractivity contribution < 1.29 is 4.79 Å². The standard InChI is InChI=1S/C31H25ClN6O3S/c1-37-28-27(29(40)36-31(37)41)38(16-24(39)18-7-3-2-4-8-18)25(35-28)17-42-30-22(15-33)26(19-11-13-20(32)14-12-19)21-9-5-6-10-23(21)34-30/h2-4,7-8,11-14H,5-6,9-10,16-17H2,1H3,(H,36,40,41). The van der Waals surface area contributed by atoms with E-state index in [1.54, 1.807) is 28.8 Å². The van der Waals surface area contributed by atoms with Crippen molar-refractivity contribution in [3.63, 3.8) is 0 Å². The average Bonchev–Trinajstić information content (AvgIpc) is 3.37. The van der Waals surface area contributed by atoms with Gasteiger partial charge in [-0.15, -0.1) is 0 Å². The third-order valence-corrected chi connectivity index (χ3v) is 8.73. The number of nitrogens with zero attached hydrogens (tertiary/aromatic N) is 5. The minimum atomic E-state index is -0.618. The van der Waals surface area contributed by atoms with E-state index in [0.29, 0.717) is 27.0 Å². The van der Waals surface area contributed by atoms with E-state index >= 15 is 0 Å². The maximum Gasteiger partial charge on any atom is 0.329 e. The van der Waals surface area contributed by atoms with Crippen molar-refractivity contribution >= 4 is 40.3 Å². The number of nitriles is 1. The Balaban J connectivity index is 1.45. The molecule has 6 rings (SSSR count). The van der Waals surface area contributed by atoms with E-state index in [-0.39, 0.29) is 29.2 Å². The summed E-state index contributed by atoms with van der Waals surface area (Å²) in [7, 11) is 1.52. The van der Waals surface area contributed by atoms with Crippen LogP contribution in [0.3, 0.4) is 0 Å². The molecule has 0 unspecified atom stereocenters.